The lowest BCUT2D eigenvalue weighted by molar-refractivity contribution is 0.226. The number of rotatable bonds is 5. The smallest absolute Gasteiger partial charge is 0.0727 e. The summed E-state index contributed by atoms with van der Waals surface area (Å²) in [6.45, 7) is 6.62. The molecule has 0 saturated carbocycles. The maximum absolute atomic E-state index is 9.22. The zero-order valence-corrected chi connectivity index (χ0v) is 9.78. The Labute approximate surface area is 82.1 Å². The summed E-state index contributed by atoms with van der Waals surface area (Å²) < 4.78 is 0. The van der Waals surface area contributed by atoms with Crippen LogP contribution >= 0.6 is 27.7 Å². The summed E-state index contributed by atoms with van der Waals surface area (Å²) in [6.07, 6.45) is -0.193. The van der Waals surface area contributed by atoms with Crippen LogP contribution < -0.4 is 0 Å². The van der Waals surface area contributed by atoms with Crippen molar-refractivity contribution in [2.75, 3.05) is 11.1 Å². The molecule has 0 radical (unpaired) electrons. The lowest BCUT2D eigenvalue weighted by Crippen LogP contribution is -2.15. The number of hydrogen-bond donors (Lipinski definition) is 1. The molecular formula is C8H17BrOS. The Morgan fingerprint density at radius 2 is 1.91 bits per heavy atom. The van der Waals surface area contributed by atoms with E-state index in [1.54, 1.807) is 0 Å². The monoisotopic (exact) mass is 240 g/mol. The first-order valence-electron chi connectivity index (χ1n) is 3.93. The van der Waals surface area contributed by atoms with Crippen molar-refractivity contribution < 1.29 is 5.11 Å². The predicted molar refractivity (Wildman–Crippen MR) is 56.6 cm³/mol. The standard InChI is InChI=1S/C8H17BrOS/c1-6(2)7(3)11-5-8(10)4-9/h6-8,10H,4-5H2,1-3H3. The van der Waals surface area contributed by atoms with Crippen molar-refractivity contribution in [3.8, 4) is 0 Å². The average molecular weight is 241 g/mol. The molecule has 0 aromatic rings. The van der Waals surface area contributed by atoms with Gasteiger partial charge in [-0.2, -0.15) is 11.8 Å². The zero-order valence-electron chi connectivity index (χ0n) is 7.38. The molecule has 0 aromatic carbocycles. The number of thioether (sulfide) groups is 1. The maximum atomic E-state index is 9.22. The molecule has 0 aromatic heterocycles. The first-order valence-corrected chi connectivity index (χ1v) is 6.10. The Morgan fingerprint density at radius 1 is 1.36 bits per heavy atom. The summed E-state index contributed by atoms with van der Waals surface area (Å²) in [4.78, 5) is 0. The van der Waals surface area contributed by atoms with Gasteiger partial charge >= 0.3 is 0 Å². The zero-order chi connectivity index (χ0) is 8.85. The number of hydrogen-bond acceptors (Lipinski definition) is 2. The van der Waals surface area contributed by atoms with E-state index in [4.69, 9.17) is 0 Å². The fraction of sp³-hybridized carbons (Fsp3) is 1.00. The van der Waals surface area contributed by atoms with E-state index in [-0.39, 0.29) is 6.10 Å². The van der Waals surface area contributed by atoms with Gasteiger partial charge in [-0.05, 0) is 5.92 Å². The highest BCUT2D eigenvalue weighted by molar-refractivity contribution is 9.09. The van der Waals surface area contributed by atoms with E-state index in [0.29, 0.717) is 16.5 Å². The highest BCUT2D eigenvalue weighted by atomic mass is 79.9. The molecule has 0 rings (SSSR count). The van der Waals surface area contributed by atoms with Crippen LogP contribution in [0.2, 0.25) is 0 Å². The molecule has 0 aliphatic carbocycles. The molecule has 1 N–H and O–H groups in total. The van der Waals surface area contributed by atoms with E-state index in [2.05, 4.69) is 36.7 Å². The van der Waals surface area contributed by atoms with Crippen molar-refractivity contribution in [1.29, 1.82) is 0 Å². The molecule has 0 aliphatic rings. The van der Waals surface area contributed by atoms with Crippen molar-refractivity contribution in [2.45, 2.75) is 32.1 Å². The molecule has 0 bridgehead atoms. The van der Waals surface area contributed by atoms with Gasteiger partial charge in [-0.1, -0.05) is 36.7 Å². The third-order valence-electron chi connectivity index (χ3n) is 1.67. The molecule has 68 valence electrons. The second-order valence-electron chi connectivity index (χ2n) is 3.09. The summed E-state index contributed by atoms with van der Waals surface area (Å²) in [5.74, 6) is 1.53. The van der Waals surface area contributed by atoms with Gasteiger partial charge in [0, 0.05) is 16.3 Å². The largest absolute Gasteiger partial charge is 0.391 e. The minimum absolute atomic E-state index is 0.193. The van der Waals surface area contributed by atoms with E-state index in [9.17, 15) is 5.11 Å². The van der Waals surface area contributed by atoms with Crippen LogP contribution in [0, 0.1) is 5.92 Å². The summed E-state index contributed by atoms with van der Waals surface area (Å²) in [7, 11) is 0. The molecule has 0 saturated heterocycles. The van der Waals surface area contributed by atoms with Gasteiger partial charge in [0.1, 0.15) is 0 Å². The molecule has 1 nitrogen and oxygen atoms in total. The van der Waals surface area contributed by atoms with Crippen molar-refractivity contribution in [3.63, 3.8) is 0 Å². The molecule has 0 aliphatic heterocycles. The van der Waals surface area contributed by atoms with Gasteiger partial charge < -0.3 is 5.11 Å². The molecule has 2 unspecified atom stereocenters. The van der Waals surface area contributed by atoms with Crippen LogP contribution in [0.15, 0.2) is 0 Å². The molecule has 3 heteroatoms. The fourth-order valence-electron chi connectivity index (χ4n) is 0.500. The lowest BCUT2D eigenvalue weighted by Gasteiger charge is -2.16. The first kappa shape index (κ1) is 11.8. The van der Waals surface area contributed by atoms with Gasteiger partial charge in [-0.3, -0.25) is 0 Å². The van der Waals surface area contributed by atoms with Crippen molar-refractivity contribution >= 4 is 27.7 Å². The third kappa shape index (κ3) is 6.00. The molecule has 2 atom stereocenters. The van der Waals surface area contributed by atoms with Gasteiger partial charge in [-0.15, -0.1) is 0 Å². The van der Waals surface area contributed by atoms with Crippen LogP contribution in [0.5, 0.6) is 0 Å². The SMILES string of the molecule is CC(C)C(C)SCC(O)CBr. The van der Waals surface area contributed by atoms with Gasteiger partial charge in [0.2, 0.25) is 0 Å². The number of aliphatic hydroxyl groups excluding tert-OH is 1. The Bertz CT molecular complexity index is 98.1. The van der Waals surface area contributed by atoms with Crippen LogP contribution in [0.1, 0.15) is 20.8 Å². The normalized spacial score (nSPS) is 16.9. The lowest BCUT2D eigenvalue weighted by atomic mass is 10.2. The minimum Gasteiger partial charge on any atom is -0.391 e. The molecular weight excluding hydrogens is 224 g/mol. The summed E-state index contributed by atoms with van der Waals surface area (Å²) in [5, 5.41) is 10.5. The number of alkyl halides is 1. The highest BCUT2D eigenvalue weighted by Crippen LogP contribution is 2.19. The molecule has 11 heavy (non-hydrogen) atoms. The summed E-state index contributed by atoms with van der Waals surface area (Å²) in [5.41, 5.74) is 0. The number of halogens is 1. The Balaban J connectivity index is 3.37. The van der Waals surface area contributed by atoms with E-state index in [1.807, 2.05) is 11.8 Å². The van der Waals surface area contributed by atoms with Crippen LogP contribution in [0.25, 0.3) is 0 Å². The van der Waals surface area contributed by atoms with Gasteiger partial charge in [0.15, 0.2) is 0 Å². The second kappa shape index (κ2) is 6.32. The second-order valence-corrected chi connectivity index (χ2v) is 5.15. The Kier molecular flexibility index (Phi) is 6.78. The molecule has 0 spiro atoms. The van der Waals surface area contributed by atoms with Crippen molar-refractivity contribution in [3.05, 3.63) is 0 Å². The van der Waals surface area contributed by atoms with E-state index < -0.39 is 0 Å². The summed E-state index contributed by atoms with van der Waals surface area (Å²) >= 11 is 5.08. The third-order valence-corrected chi connectivity index (χ3v) is 4.06. The maximum Gasteiger partial charge on any atom is 0.0727 e. The van der Waals surface area contributed by atoms with Crippen molar-refractivity contribution in [2.24, 2.45) is 5.92 Å². The van der Waals surface area contributed by atoms with Crippen LogP contribution in [0.4, 0.5) is 0 Å². The first-order chi connectivity index (χ1) is 5.07. The van der Waals surface area contributed by atoms with Gasteiger partial charge in [0.25, 0.3) is 0 Å². The Hall–Kier alpha value is 0.790. The van der Waals surface area contributed by atoms with E-state index in [1.165, 1.54) is 0 Å². The Morgan fingerprint density at radius 3 is 2.27 bits per heavy atom. The molecule has 0 amide bonds. The highest BCUT2D eigenvalue weighted by Gasteiger charge is 2.09. The predicted octanol–water partition coefficient (Wildman–Crippen LogP) is 2.52. The fourth-order valence-corrected chi connectivity index (χ4v) is 2.06. The van der Waals surface area contributed by atoms with E-state index in [0.717, 1.165) is 5.75 Å². The van der Waals surface area contributed by atoms with Crippen LogP contribution in [-0.2, 0) is 0 Å². The summed E-state index contributed by atoms with van der Waals surface area (Å²) in [6, 6.07) is 0. The van der Waals surface area contributed by atoms with Crippen LogP contribution in [0.3, 0.4) is 0 Å². The molecule has 0 heterocycles. The van der Waals surface area contributed by atoms with Crippen molar-refractivity contribution in [1.82, 2.24) is 0 Å². The minimum atomic E-state index is -0.193. The average Bonchev–Trinajstić information content (AvgIpc) is 1.99. The van der Waals surface area contributed by atoms with Crippen LogP contribution in [-0.4, -0.2) is 27.5 Å². The number of aliphatic hydroxyl groups is 1. The van der Waals surface area contributed by atoms with Gasteiger partial charge in [0.05, 0.1) is 6.10 Å². The van der Waals surface area contributed by atoms with E-state index >= 15 is 0 Å². The van der Waals surface area contributed by atoms with Gasteiger partial charge in [-0.25, -0.2) is 0 Å². The topological polar surface area (TPSA) is 20.2 Å². The quantitative estimate of drug-likeness (QED) is 0.746. The molecule has 0 fully saturated rings.